The van der Waals surface area contributed by atoms with Crippen molar-refractivity contribution in [1.82, 2.24) is 19.7 Å². The first kappa shape index (κ1) is 17.9. The number of nitrogens with zero attached hydrogens (tertiary/aromatic N) is 5. The largest absolute Gasteiger partial charge is 0.465 e. The Morgan fingerprint density at radius 3 is 2.59 bits per heavy atom. The summed E-state index contributed by atoms with van der Waals surface area (Å²) in [6.07, 6.45) is 2.96. The van der Waals surface area contributed by atoms with E-state index in [1.165, 1.54) is 0 Å². The van der Waals surface area contributed by atoms with Gasteiger partial charge in [0.25, 0.3) is 0 Å². The highest BCUT2D eigenvalue weighted by atomic mass is 16.5. The molecule has 9 nitrogen and oxygen atoms in total. The molecular weight excluding hydrogens is 372 g/mol. The molecule has 2 aliphatic heterocycles. The van der Waals surface area contributed by atoms with Gasteiger partial charge in [-0.2, -0.15) is 5.10 Å². The fraction of sp³-hybridized carbons (Fsp3) is 0.400. The second kappa shape index (κ2) is 7.00. The van der Waals surface area contributed by atoms with E-state index in [2.05, 4.69) is 15.3 Å². The molecule has 2 unspecified atom stereocenters. The molecule has 2 fully saturated rings. The van der Waals surface area contributed by atoms with Crippen molar-refractivity contribution in [3.63, 3.8) is 0 Å². The van der Waals surface area contributed by atoms with Crippen LogP contribution >= 0.6 is 0 Å². The predicted octanol–water partition coefficient (Wildman–Crippen LogP) is 2.97. The third kappa shape index (κ3) is 3.07. The first-order chi connectivity index (χ1) is 14.1. The van der Waals surface area contributed by atoms with E-state index in [1.807, 2.05) is 29.9 Å². The molecule has 29 heavy (non-hydrogen) atoms. The lowest BCUT2D eigenvalue weighted by Gasteiger charge is -2.36. The molecule has 9 heteroatoms. The minimum atomic E-state index is -1.09. The van der Waals surface area contributed by atoms with Gasteiger partial charge in [0.15, 0.2) is 11.5 Å². The van der Waals surface area contributed by atoms with Gasteiger partial charge < -0.3 is 14.7 Å². The molecule has 3 aromatic rings. The molecular formula is C20H22N6O3. The number of nitrogens with one attached hydrogen (secondary N) is 1. The topological polar surface area (TPSA) is 105 Å². The van der Waals surface area contributed by atoms with Crippen LogP contribution in [0.5, 0.6) is 0 Å². The van der Waals surface area contributed by atoms with Crippen LogP contribution in [0.3, 0.4) is 0 Å². The summed E-state index contributed by atoms with van der Waals surface area (Å²) in [7, 11) is 0. The first-order valence-corrected chi connectivity index (χ1v) is 9.84. The molecule has 2 bridgehead atoms. The van der Waals surface area contributed by atoms with Crippen LogP contribution in [0.15, 0.2) is 30.5 Å². The van der Waals surface area contributed by atoms with Gasteiger partial charge in [0.1, 0.15) is 5.82 Å². The summed E-state index contributed by atoms with van der Waals surface area (Å²) in [4.78, 5) is 23.0. The van der Waals surface area contributed by atoms with Crippen LogP contribution in [-0.2, 0) is 11.3 Å². The summed E-state index contributed by atoms with van der Waals surface area (Å²) >= 11 is 0. The SMILES string of the molecule is CCn1ncc2c(N3C4CCC3COC4)nc(-c3ccc(NC(=O)O)cc3)nc21. The van der Waals surface area contributed by atoms with Crippen LogP contribution in [0, 0.1) is 0 Å². The number of anilines is 2. The van der Waals surface area contributed by atoms with Crippen molar-refractivity contribution in [3.8, 4) is 11.4 Å². The van der Waals surface area contributed by atoms with E-state index >= 15 is 0 Å². The number of morpholine rings is 1. The highest BCUT2D eigenvalue weighted by Crippen LogP contribution is 2.37. The zero-order chi connectivity index (χ0) is 20.0. The van der Waals surface area contributed by atoms with Crippen LogP contribution < -0.4 is 10.2 Å². The molecule has 1 aromatic carbocycles. The molecule has 2 N–H and O–H groups in total. The van der Waals surface area contributed by atoms with E-state index in [-0.39, 0.29) is 0 Å². The summed E-state index contributed by atoms with van der Waals surface area (Å²) in [5.74, 6) is 1.52. The molecule has 4 heterocycles. The first-order valence-electron chi connectivity index (χ1n) is 9.84. The third-order valence-corrected chi connectivity index (χ3v) is 5.65. The lowest BCUT2D eigenvalue weighted by atomic mass is 10.1. The monoisotopic (exact) mass is 394 g/mol. The Morgan fingerprint density at radius 2 is 1.93 bits per heavy atom. The normalized spacial score (nSPS) is 20.9. The Balaban J connectivity index is 1.62. The van der Waals surface area contributed by atoms with Crippen LogP contribution in [0.1, 0.15) is 19.8 Å². The molecule has 0 radical (unpaired) electrons. The van der Waals surface area contributed by atoms with Crippen molar-refractivity contribution >= 4 is 28.6 Å². The van der Waals surface area contributed by atoms with Gasteiger partial charge in [0, 0.05) is 17.8 Å². The fourth-order valence-corrected chi connectivity index (χ4v) is 4.30. The minimum absolute atomic E-state index is 0.326. The zero-order valence-corrected chi connectivity index (χ0v) is 16.1. The fourth-order valence-electron chi connectivity index (χ4n) is 4.30. The lowest BCUT2D eigenvalue weighted by molar-refractivity contribution is 0.0904. The number of fused-ring (bicyclic) bond motifs is 3. The van der Waals surface area contributed by atoms with Gasteiger partial charge in [-0.15, -0.1) is 0 Å². The number of ether oxygens (including phenoxy) is 1. The maximum atomic E-state index is 10.8. The van der Waals surface area contributed by atoms with Gasteiger partial charge in [-0.1, -0.05) is 0 Å². The standard InChI is InChI=1S/C20H22N6O3/c1-2-25-18-16(9-21-25)19(26-14-7-8-15(26)11-29-10-14)24-17(23-18)12-3-5-13(6-4-12)22-20(27)28/h3-6,9,14-15,22H,2,7-8,10-11H2,1H3,(H,27,28). The molecule has 0 aliphatic carbocycles. The Morgan fingerprint density at radius 1 is 1.21 bits per heavy atom. The van der Waals surface area contributed by atoms with E-state index in [4.69, 9.17) is 19.8 Å². The van der Waals surface area contributed by atoms with Crippen molar-refractivity contribution in [1.29, 1.82) is 0 Å². The van der Waals surface area contributed by atoms with Gasteiger partial charge in [-0.05, 0) is 44.0 Å². The molecule has 0 saturated carbocycles. The molecule has 150 valence electrons. The predicted molar refractivity (Wildman–Crippen MR) is 108 cm³/mol. The molecule has 2 aliphatic rings. The van der Waals surface area contributed by atoms with Crippen molar-refractivity contribution in [2.24, 2.45) is 0 Å². The van der Waals surface area contributed by atoms with Crippen molar-refractivity contribution in [3.05, 3.63) is 30.5 Å². The van der Waals surface area contributed by atoms with E-state index in [0.717, 1.165) is 55.0 Å². The number of aromatic nitrogens is 4. The van der Waals surface area contributed by atoms with Gasteiger partial charge in [-0.25, -0.2) is 19.4 Å². The minimum Gasteiger partial charge on any atom is -0.465 e. The van der Waals surface area contributed by atoms with Crippen molar-refractivity contribution < 1.29 is 14.6 Å². The van der Waals surface area contributed by atoms with Crippen molar-refractivity contribution in [2.45, 2.75) is 38.4 Å². The Labute approximate surface area is 167 Å². The summed E-state index contributed by atoms with van der Waals surface area (Å²) in [6.45, 7) is 4.19. The number of rotatable bonds is 4. The van der Waals surface area contributed by atoms with Gasteiger partial charge >= 0.3 is 6.09 Å². The van der Waals surface area contributed by atoms with Gasteiger partial charge in [0.2, 0.25) is 0 Å². The Bertz CT molecular complexity index is 1050. The third-order valence-electron chi connectivity index (χ3n) is 5.65. The number of hydrogen-bond donors (Lipinski definition) is 2. The van der Waals surface area contributed by atoms with E-state index in [0.29, 0.717) is 23.6 Å². The zero-order valence-electron chi connectivity index (χ0n) is 16.1. The van der Waals surface area contributed by atoms with E-state index in [1.54, 1.807) is 12.1 Å². The lowest BCUT2D eigenvalue weighted by Crippen LogP contribution is -2.46. The molecule has 0 spiro atoms. The molecule has 2 atom stereocenters. The smallest absolute Gasteiger partial charge is 0.409 e. The average molecular weight is 394 g/mol. The summed E-state index contributed by atoms with van der Waals surface area (Å²) < 4.78 is 7.63. The quantitative estimate of drug-likeness (QED) is 0.701. The number of benzene rings is 1. The summed E-state index contributed by atoms with van der Waals surface area (Å²) in [6, 6.07) is 7.74. The highest BCUT2D eigenvalue weighted by molar-refractivity contribution is 5.89. The number of carboxylic acid groups (broad SMARTS) is 1. The van der Waals surface area contributed by atoms with Crippen LogP contribution in [-0.4, -0.2) is 56.2 Å². The second-order valence-electron chi connectivity index (χ2n) is 7.41. The van der Waals surface area contributed by atoms with Crippen molar-refractivity contribution in [2.75, 3.05) is 23.4 Å². The average Bonchev–Trinajstić information content (AvgIpc) is 3.24. The number of amides is 1. The highest BCUT2D eigenvalue weighted by Gasteiger charge is 2.39. The molecule has 2 saturated heterocycles. The Hall–Kier alpha value is -3.20. The molecule has 1 amide bonds. The van der Waals surface area contributed by atoms with E-state index in [9.17, 15) is 4.79 Å². The maximum Gasteiger partial charge on any atom is 0.409 e. The number of hydrogen-bond acceptors (Lipinski definition) is 6. The van der Waals surface area contributed by atoms with Crippen LogP contribution in [0.2, 0.25) is 0 Å². The molecule has 2 aromatic heterocycles. The number of aryl methyl sites for hydroxylation is 1. The Kier molecular flexibility index (Phi) is 4.31. The number of carbonyl (C=O) groups is 1. The maximum absolute atomic E-state index is 10.8. The van der Waals surface area contributed by atoms with E-state index < -0.39 is 6.09 Å². The summed E-state index contributed by atoms with van der Waals surface area (Å²) in [5.41, 5.74) is 2.15. The second-order valence-corrected chi connectivity index (χ2v) is 7.41. The molecule has 5 rings (SSSR count). The van der Waals surface area contributed by atoms with Gasteiger partial charge in [0.05, 0.1) is 36.9 Å². The van der Waals surface area contributed by atoms with Crippen LogP contribution in [0.25, 0.3) is 22.4 Å². The van der Waals surface area contributed by atoms with Gasteiger partial charge in [-0.3, -0.25) is 5.32 Å². The summed E-state index contributed by atoms with van der Waals surface area (Å²) in [5, 5.41) is 16.7. The van der Waals surface area contributed by atoms with Crippen LogP contribution in [0.4, 0.5) is 16.3 Å².